The lowest BCUT2D eigenvalue weighted by Crippen LogP contribution is -2.54. The summed E-state index contributed by atoms with van der Waals surface area (Å²) in [4.78, 5) is 23.2. The van der Waals surface area contributed by atoms with Gasteiger partial charge in [0.15, 0.2) is 9.84 Å². The summed E-state index contributed by atoms with van der Waals surface area (Å²) in [6.45, 7) is 7.31. The predicted octanol–water partition coefficient (Wildman–Crippen LogP) is 3.23. The van der Waals surface area contributed by atoms with Crippen LogP contribution in [0.1, 0.15) is 39.2 Å². The van der Waals surface area contributed by atoms with Crippen molar-refractivity contribution in [2.45, 2.75) is 56.7 Å². The molecule has 1 fully saturated rings. The summed E-state index contributed by atoms with van der Waals surface area (Å²) < 4.78 is 26.1. The molecule has 1 amide bonds. The van der Waals surface area contributed by atoms with Crippen LogP contribution in [0, 0.1) is 22.5 Å². The van der Waals surface area contributed by atoms with Crippen molar-refractivity contribution in [3.63, 3.8) is 0 Å². The van der Waals surface area contributed by atoms with E-state index in [9.17, 15) is 28.4 Å². The van der Waals surface area contributed by atoms with Gasteiger partial charge in [-0.3, -0.25) is 10.1 Å². The van der Waals surface area contributed by atoms with Gasteiger partial charge in [-0.25, -0.2) is 13.2 Å². The third kappa shape index (κ3) is 3.82. The van der Waals surface area contributed by atoms with Crippen LogP contribution >= 0.6 is 0 Å². The lowest BCUT2D eigenvalue weighted by Gasteiger charge is -2.44. The Hall–Kier alpha value is -2.16. The molecule has 0 aromatic heterocycles. The average Bonchev–Trinajstić information content (AvgIpc) is 2.52. The summed E-state index contributed by atoms with van der Waals surface area (Å²) in [6, 6.07) is 3.36. The van der Waals surface area contributed by atoms with E-state index in [1.807, 2.05) is 20.8 Å². The van der Waals surface area contributed by atoms with E-state index < -0.39 is 37.6 Å². The maximum atomic E-state index is 13.0. The fourth-order valence-corrected chi connectivity index (χ4v) is 5.30. The van der Waals surface area contributed by atoms with Crippen LogP contribution in [-0.2, 0) is 9.84 Å². The molecular formula is C17H24N2O6S. The Morgan fingerprint density at radius 1 is 1.35 bits per heavy atom. The van der Waals surface area contributed by atoms with Crippen molar-refractivity contribution < 1.29 is 23.2 Å². The number of nitrogens with zero attached hydrogens (tertiary/aromatic N) is 2. The van der Waals surface area contributed by atoms with E-state index in [0.717, 1.165) is 0 Å². The lowest BCUT2D eigenvalue weighted by atomic mass is 9.80. The number of hydrogen-bond acceptors (Lipinski definition) is 5. The highest BCUT2D eigenvalue weighted by Crippen LogP contribution is 2.36. The topological polar surface area (TPSA) is 118 Å². The lowest BCUT2D eigenvalue weighted by molar-refractivity contribution is -0.385. The first-order chi connectivity index (χ1) is 11.9. The molecule has 1 heterocycles. The fraction of sp³-hybridized carbons (Fsp3) is 0.588. The minimum atomic E-state index is -3.71. The minimum absolute atomic E-state index is 0.0436. The first-order valence-corrected chi connectivity index (χ1v) is 9.89. The molecule has 1 aromatic rings. The second kappa shape index (κ2) is 6.86. The summed E-state index contributed by atoms with van der Waals surface area (Å²) in [7, 11) is -3.71. The highest BCUT2D eigenvalue weighted by atomic mass is 32.2. The molecule has 1 N–H and O–H groups in total. The molecule has 144 valence electrons. The van der Waals surface area contributed by atoms with Crippen molar-refractivity contribution in [1.29, 1.82) is 0 Å². The number of aryl methyl sites for hydroxylation is 1. The van der Waals surface area contributed by atoms with Crippen LogP contribution in [0.2, 0.25) is 0 Å². The number of sulfone groups is 1. The molecule has 0 spiro atoms. The number of likely N-dealkylation sites (tertiary alicyclic amines) is 1. The van der Waals surface area contributed by atoms with Gasteiger partial charge in [0.25, 0.3) is 5.69 Å². The maximum absolute atomic E-state index is 13.0. The molecule has 9 heteroatoms. The van der Waals surface area contributed by atoms with Crippen molar-refractivity contribution in [3.05, 3.63) is 33.9 Å². The zero-order valence-electron chi connectivity index (χ0n) is 15.3. The van der Waals surface area contributed by atoms with Gasteiger partial charge in [-0.1, -0.05) is 20.8 Å². The van der Waals surface area contributed by atoms with E-state index >= 15 is 0 Å². The van der Waals surface area contributed by atoms with Crippen LogP contribution in [0.4, 0.5) is 10.5 Å². The summed E-state index contributed by atoms with van der Waals surface area (Å²) in [5.41, 5.74) is -0.249. The van der Waals surface area contributed by atoms with Gasteiger partial charge >= 0.3 is 6.09 Å². The number of carbonyl (C=O) groups is 1. The van der Waals surface area contributed by atoms with Gasteiger partial charge in [0.2, 0.25) is 0 Å². The van der Waals surface area contributed by atoms with Crippen LogP contribution in [0.25, 0.3) is 0 Å². The Bertz CT molecular complexity index is 828. The van der Waals surface area contributed by atoms with Gasteiger partial charge in [-0.05, 0) is 37.3 Å². The van der Waals surface area contributed by atoms with Gasteiger partial charge in [0, 0.05) is 24.2 Å². The zero-order valence-corrected chi connectivity index (χ0v) is 16.1. The third-order valence-corrected chi connectivity index (χ3v) is 7.15. The van der Waals surface area contributed by atoms with Crippen molar-refractivity contribution in [2.75, 3.05) is 6.54 Å². The highest BCUT2D eigenvalue weighted by molar-refractivity contribution is 7.92. The molecule has 1 saturated heterocycles. The minimum Gasteiger partial charge on any atom is -0.465 e. The van der Waals surface area contributed by atoms with E-state index in [-0.39, 0.29) is 35.5 Å². The molecule has 8 nitrogen and oxygen atoms in total. The van der Waals surface area contributed by atoms with Gasteiger partial charge in [-0.15, -0.1) is 0 Å². The zero-order chi connectivity index (χ0) is 19.9. The van der Waals surface area contributed by atoms with Crippen LogP contribution in [0.15, 0.2) is 23.1 Å². The van der Waals surface area contributed by atoms with Gasteiger partial charge in [0.1, 0.15) is 0 Å². The van der Waals surface area contributed by atoms with Gasteiger partial charge in [-0.2, -0.15) is 0 Å². The van der Waals surface area contributed by atoms with Crippen molar-refractivity contribution in [1.82, 2.24) is 4.90 Å². The van der Waals surface area contributed by atoms with E-state index in [1.165, 1.54) is 30.0 Å². The number of hydrogen-bond donors (Lipinski definition) is 1. The number of rotatable bonds is 3. The molecule has 2 atom stereocenters. The van der Waals surface area contributed by atoms with Crippen LogP contribution in [0.3, 0.4) is 0 Å². The monoisotopic (exact) mass is 384 g/mol. The third-order valence-electron chi connectivity index (χ3n) is 4.93. The Morgan fingerprint density at radius 3 is 2.42 bits per heavy atom. The summed E-state index contributed by atoms with van der Waals surface area (Å²) in [5.74, 6) is 0. The maximum Gasteiger partial charge on any atom is 0.407 e. The number of benzene rings is 1. The Kier molecular flexibility index (Phi) is 5.32. The predicted molar refractivity (Wildman–Crippen MR) is 96.0 cm³/mol. The van der Waals surface area contributed by atoms with E-state index in [4.69, 9.17) is 0 Å². The van der Waals surface area contributed by atoms with Crippen molar-refractivity contribution in [3.8, 4) is 0 Å². The normalized spacial score (nSPS) is 21.5. The molecular weight excluding hydrogens is 360 g/mol. The molecule has 1 aromatic carbocycles. The first kappa shape index (κ1) is 20.2. The van der Waals surface area contributed by atoms with Gasteiger partial charge < -0.3 is 10.0 Å². The number of nitro groups is 1. The largest absolute Gasteiger partial charge is 0.465 e. The fourth-order valence-electron chi connectivity index (χ4n) is 3.47. The molecule has 0 aliphatic carbocycles. The number of carboxylic acid groups (broad SMARTS) is 1. The molecule has 0 bridgehead atoms. The molecule has 0 saturated carbocycles. The summed E-state index contributed by atoms with van der Waals surface area (Å²) in [5, 5.41) is 19.6. The van der Waals surface area contributed by atoms with Crippen LogP contribution < -0.4 is 0 Å². The smallest absolute Gasteiger partial charge is 0.407 e. The number of amides is 1. The van der Waals surface area contributed by atoms with E-state index in [1.54, 1.807) is 0 Å². The quantitative estimate of drug-likeness (QED) is 0.631. The Morgan fingerprint density at radius 2 is 1.96 bits per heavy atom. The van der Waals surface area contributed by atoms with Crippen LogP contribution in [-0.4, -0.2) is 47.3 Å². The van der Waals surface area contributed by atoms with Gasteiger partial charge in [0.05, 0.1) is 15.1 Å². The van der Waals surface area contributed by atoms with E-state index in [2.05, 4.69) is 0 Å². The molecule has 0 radical (unpaired) electrons. The SMILES string of the molecule is Cc1cc(S(=O)(=O)C2CCN(C(=O)O)C(C(C)(C)C)C2)ccc1[N+](=O)[O-]. The van der Waals surface area contributed by atoms with Crippen molar-refractivity contribution in [2.24, 2.45) is 5.41 Å². The Labute approximate surface area is 152 Å². The molecule has 26 heavy (non-hydrogen) atoms. The number of piperidine rings is 1. The average molecular weight is 384 g/mol. The summed E-state index contributed by atoms with van der Waals surface area (Å²) >= 11 is 0. The Balaban J connectivity index is 2.36. The number of nitro benzene ring substituents is 1. The molecule has 1 aliphatic heterocycles. The standard InChI is InChI=1S/C17H24N2O6S/c1-11-9-12(5-6-14(11)19(22)23)26(24,25)13-7-8-18(16(20)21)15(10-13)17(2,3)4/h5-6,9,13,15H,7-8,10H2,1-4H3,(H,20,21). The molecule has 1 aliphatic rings. The second-order valence-corrected chi connectivity index (χ2v) is 9.98. The van der Waals surface area contributed by atoms with Crippen LogP contribution in [0.5, 0.6) is 0 Å². The van der Waals surface area contributed by atoms with Crippen molar-refractivity contribution >= 4 is 21.6 Å². The molecule has 2 unspecified atom stereocenters. The first-order valence-electron chi connectivity index (χ1n) is 8.34. The molecule has 2 rings (SSSR count). The summed E-state index contributed by atoms with van der Waals surface area (Å²) in [6.07, 6.45) is -0.641. The second-order valence-electron chi connectivity index (χ2n) is 7.75. The van der Waals surface area contributed by atoms with E-state index in [0.29, 0.717) is 0 Å². The highest BCUT2D eigenvalue weighted by Gasteiger charge is 2.43.